The molecule has 1 fully saturated rings. The Bertz CT molecular complexity index is 785. The first-order chi connectivity index (χ1) is 11.9. The molecule has 0 spiro atoms. The van der Waals surface area contributed by atoms with Crippen LogP contribution in [0.15, 0.2) is 15.6 Å². The van der Waals surface area contributed by atoms with Gasteiger partial charge in [0.25, 0.3) is 10.0 Å². The standard InChI is InChI=1S/C16H25N3O6S/c1-11(20)12-9-14(26(17,22)23)24-13(12)10-18-5-7-19(8-6-18)15(21)25-16(2,3)4/h9H,5-8,10H2,1-4H3,(H2,17,22,23). The number of nitrogens with two attached hydrogens (primary N) is 1. The lowest BCUT2D eigenvalue weighted by Crippen LogP contribution is -2.49. The van der Waals surface area contributed by atoms with E-state index in [0.29, 0.717) is 26.2 Å². The van der Waals surface area contributed by atoms with Crippen LogP contribution in [-0.4, -0.2) is 61.9 Å². The quantitative estimate of drug-likeness (QED) is 0.770. The van der Waals surface area contributed by atoms with Crippen molar-refractivity contribution in [3.63, 3.8) is 0 Å². The average Bonchev–Trinajstić information content (AvgIpc) is 2.90. The molecule has 2 rings (SSSR count). The SMILES string of the molecule is CC(=O)c1cc(S(N)(=O)=O)oc1CN1CCN(C(=O)OC(C)(C)C)CC1. The highest BCUT2D eigenvalue weighted by molar-refractivity contribution is 7.89. The molecule has 1 aliphatic rings. The smallest absolute Gasteiger partial charge is 0.410 e. The number of hydrogen-bond acceptors (Lipinski definition) is 7. The maximum Gasteiger partial charge on any atom is 0.410 e. The molecule has 2 N–H and O–H groups in total. The molecular formula is C16H25N3O6S. The molecule has 0 radical (unpaired) electrons. The predicted octanol–water partition coefficient (Wildman–Crippen LogP) is 1.18. The Balaban J connectivity index is 2.02. The number of carbonyl (C=O) groups excluding carboxylic acids is 2. The molecule has 1 aromatic rings. The fourth-order valence-electron chi connectivity index (χ4n) is 2.58. The van der Waals surface area contributed by atoms with Gasteiger partial charge in [0.1, 0.15) is 11.4 Å². The molecule has 146 valence electrons. The number of furan rings is 1. The lowest BCUT2D eigenvalue weighted by molar-refractivity contribution is 0.0133. The number of Topliss-reactive ketones (excluding diaryl/α,β-unsaturated/α-hetero) is 1. The molecule has 9 nitrogen and oxygen atoms in total. The third-order valence-corrected chi connectivity index (χ3v) is 4.60. The molecule has 1 amide bonds. The first kappa shape index (κ1) is 20.4. The Morgan fingerprint density at radius 1 is 1.23 bits per heavy atom. The van der Waals surface area contributed by atoms with Crippen molar-refractivity contribution in [2.24, 2.45) is 5.14 Å². The van der Waals surface area contributed by atoms with Crippen LogP contribution in [0.5, 0.6) is 0 Å². The second kappa shape index (κ2) is 7.37. The van der Waals surface area contributed by atoms with Gasteiger partial charge in [-0.2, -0.15) is 0 Å². The number of carbonyl (C=O) groups is 2. The summed E-state index contributed by atoms with van der Waals surface area (Å²) in [5.41, 5.74) is -0.355. The van der Waals surface area contributed by atoms with E-state index in [1.807, 2.05) is 25.7 Å². The Hall–Kier alpha value is -1.91. The fraction of sp³-hybridized carbons (Fsp3) is 0.625. The van der Waals surface area contributed by atoms with Gasteiger partial charge in [-0.1, -0.05) is 0 Å². The second-order valence-electron chi connectivity index (χ2n) is 7.25. The molecule has 1 aromatic heterocycles. The molecule has 0 bridgehead atoms. The summed E-state index contributed by atoms with van der Waals surface area (Å²) in [6.45, 7) is 9.04. The largest absolute Gasteiger partial charge is 0.446 e. The van der Waals surface area contributed by atoms with Gasteiger partial charge in [0.05, 0.1) is 12.1 Å². The number of amides is 1. The van der Waals surface area contributed by atoms with Crippen molar-refractivity contribution >= 4 is 21.9 Å². The molecule has 1 aliphatic heterocycles. The van der Waals surface area contributed by atoms with Crippen molar-refractivity contribution in [1.29, 1.82) is 0 Å². The summed E-state index contributed by atoms with van der Waals surface area (Å²) in [7, 11) is -4.02. The van der Waals surface area contributed by atoms with E-state index >= 15 is 0 Å². The third-order valence-electron chi connectivity index (χ3n) is 3.84. The maximum atomic E-state index is 12.1. The van der Waals surface area contributed by atoms with Gasteiger partial charge in [0.2, 0.25) is 5.09 Å². The van der Waals surface area contributed by atoms with E-state index in [1.54, 1.807) is 4.90 Å². The minimum absolute atomic E-state index is 0.198. The maximum absolute atomic E-state index is 12.1. The highest BCUT2D eigenvalue weighted by Crippen LogP contribution is 2.22. The minimum Gasteiger partial charge on any atom is -0.446 e. The van der Waals surface area contributed by atoms with Crippen molar-refractivity contribution in [3.8, 4) is 0 Å². The molecule has 0 aliphatic carbocycles. The van der Waals surface area contributed by atoms with Crippen molar-refractivity contribution in [1.82, 2.24) is 9.80 Å². The summed E-state index contributed by atoms with van der Waals surface area (Å²) in [5, 5.41) is 4.64. The molecular weight excluding hydrogens is 362 g/mol. The van der Waals surface area contributed by atoms with E-state index in [-0.39, 0.29) is 29.7 Å². The molecule has 0 saturated carbocycles. The highest BCUT2D eigenvalue weighted by atomic mass is 32.2. The van der Waals surface area contributed by atoms with Crippen LogP contribution in [0.2, 0.25) is 0 Å². The number of piperazine rings is 1. The minimum atomic E-state index is -4.02. The van der Waals surface area contributed by atoms with Crippen molar-refractivity contribution in [2.45, 2.75) is 44.9 Å². The number of ether oxygens (including phenoxy) is 1. The number of nitrogens with zero attached hydrogens (tertiary/aromatic N) is 2. The van der Waals surface area contributed by atoms with Gasteiger partial charge < -0.3 is 14.1 Å². The summed E-state index contributed by atoms with van der Waals surface area (Å²) >= 11 is 0. The monoisotopic (exact) mass is 387 g/mol. The Morgan fingerprint density at radius 3 is 2.27 bits per heavy atom. The van der Waals surface area contributed by atoms with E-state index < -0.39 is 20.7 Å². The van der Waals surface area contributed by atoms with Gasteiger partial charge in [0, 0.05) is 32.2 Å². The predicted molar refractivity (Wildman–Crippen MR) is 93.2 cm³/mol. The summed E-state index contributed by atoms with van der Waals surface area (Å²) in [5.74, 6) is -0.0433. The van der Waals surface area contributed by atoms with Gasteiger partial charge >= 0.3 is 6.09 Å². The molecule has 26 heavy (non-hydrogen) atoms. The van der Waals surface area contributed by atoms with E-state index in [1.165, 1.54) is 6.92 Å². The Labute approximate surface area is 153 Å². The van der Waals surface area contributed by atoms with Crippen LogP contribution >= 0.6 is 0 Å². The third kappa shape index (κ3) is 5.29. The number of hydrogen-bond donors (Lipinski definition) is 1. The first-order valence-electron chi connectivity index (χ1n) is 8.23. The topological polar surface area (TPSA) is 123 Å². The summed E-state index contributed by atoms with van der Waals surface area (Å²) in [6, 6.07) is 1.16. The first-order valence-corrected chi connectivity index (χ1v) is 9.78. The Morgan fingerprint density at radius 2 is 1.81 bits per heavy atom. The summed E-state index contributed by atoms with van der Waals surface area (Å²) < 4.78 is 33.5. The van der Waals surface area contributed by atoms with Crippen LogP contribution in [0, 0.1) is 0 Å². The zero-order valence-electron chi connectivity index (χ0n) is 15.4. The van der Waals surface area contributed by atoms with Crippen LogP contribution in [0.4, 0.5) is 4.79 Å². The van der Waals surface area contributed by atoms with Crippen molar-refractivity contribution in [3.05, 3.63) is 17.4 Å². The lowest BCUT2D eigenvalue weighted by atomic mass is 10.1. The van der Waals surface area contributed by atoms with Crippen LogP contribution in [-0.2, 0) is 21.3 Å². The molecule has 0 aromatic carbocycles. The van der Waals surface area contributed by atoms with E-state index in [2.05, 4.69) is 0 Å². The van der Waals surface area contributed by atoms with Crippen LogP contribution < -0.4 is 5.14 Å². The van der Waals surface area contributed by atoms with Gasteiger partial charge in [-0.3, -0.25) is 9.69 Å². The highest BCUT2D eigenvalue weighted by Gasteiger charge is 2.28. The van der Waals surface area contributed by atoms with Crippen LogP contribution in [0.3, 0.4) is 0 Å². The number of ketones is 1. The van der Waals surface area contributed by atoms with Crippen molar-refractivity contribution < 1.29 is 27.2 Å². The molecule has 0 unspecified atom stereocenters. The van der Waals surface area contributed by atoms with E-state index in [0.717, 1.165) is 6.07 Å². The normalized spacial score (nSPS) is 16.6. The van der Waals surface area contributed by atoms with Crippen LogP contribution in [0.1, 0.15) is 43.8 Å². The number of primary sulfonamides is 1. The molecule has 10 heteroatoms. The van der Waals surface area contributed by atoms with Gasteiger partial charge in [0.15, 0.2) is 5.78 Å². The summed E-state index contributed by atoms with van der Waals surface area (Å²) in [6.07, 6.45) is -0.365. The van der Waals surface area contributed by atoms with Gasteiger partial charge in [-0.25, -0.2) is 18.4 Å². The average molecular weight is 387 g/mol. The Kier molecular flexibility index (Phi) is 5.79. The van der Waals surface area contributed by atoms with E-state index in [9.17, 15) is 18.0 Å². The van der Waals surface area contributed by atoms with Gasteiger partial charge in [-0.15, -0.1) is 0 Å². The number of rotatable bonds is 4. The number of sulfonamides is 1. The summed E-state index contributed by atoms with van der Waals surface area (Å²) in [4.78, 5) is 27.4. The second-order valence-corrected chi connectivity index (χ2v) is 8.74. The molecule has 2 heterocycles. The van der Waals surface area contributed by atoms with E-state index in [4.69, 9.17) is 14.3 Å². The fourth-order valence-corrected chi connectivity index (χ4v) is 3.08. The lowest BCUT2D eigenvalue weighted by Gasteiger charge is -2.35. The molecule has 1 saturated heterocycles. The van der Waals surface area contributed by atoms with Crippen molar-refractivity contribution in [2.75, 3.05) is 26.2 Å². The molecule has 0 atom stereocenters. The van der Waals surface area contributed by atoms with Gasteiger partial charge in [-0.05, 0) is 27.7 Å². The van der Waals surface area contributed by atoms with Crippen LogP contribution in [0.25, 0.3) is 0 Å². The zero-order valence-corrected chi connectivity index (χ0v) is 16.3. The zero-order chi connectivity index (χ0) is 19.7.